The van der Waals surface area contributed by atoms with Gasteiger partial charge in [-0.3, -0.25) is 15.2 Å². The van der Waals surface area contributed by atoms with Gasteiger partial charge in [-0.05, 0) is 5.56 Å². The van der Waals surface area contributed by atoms with Crippen LogP contribution in [0.2, 0.25) is 0 Å². The van der Waals surface area contributed by atoms with Gasteiger partial charge >= 0.3 is 6.03 Å². The number of urea groups is 1. The summed E-state index contributed by atoms with van der Waals surface area (Å²) in [6, 6.07) is 8.95. The lowest BCUT2D eigenvalue weighted by Gasteiger charge is -2.06. The zero-order chi connectivity index (χ0) is 16.7. The maximum Gasteiger partial charge on any atom is 0.321 e. The van der Waals surface area contributed by atoms with Gasteiger partial charge in [-0.25, -0.2) is 9.78 Å². The predicted molar refractivity (Wildman–Crippen MR) is 88.0 cm³/mol. The van der Waals surface area contributed by atoms with E-state index in [0.717, 1.165) is 11.4 Å². The van der Waals surface area contributed by atoms with Crippen molar-refractivity contribution >= 4 is 23.7 Å². The molecular weight excluding hydrogens is 314 g/mol. The second-order valence-electron chi connectivity index (χ2n) is 5.16. The monoisotopic (exact) mass is 333 g/mol. The van der Waals surface area contributed by atoms with Crippen molar-refractivity contribution in [3.8, 4) is 0 Å². The Morgan fingerprint density at radius 2 is 2.00 bits per heavy atom. The summed E-state index contributed by atoms with van der Waals surface area (Å²) in [5.74, 6) is 0.702. The highest BCUT2D eigenvalue weighted by atomic mass is 32.2. The molecule has 122 valence electrons. The van der Waals surface area contributed by atoms with Gasteiger partial charge in [0.15, 0.2) is 0 Å². The molecule has 3 N–H and O–H groups in total. The number of nitrogens with zero attached hydrogens (tertiary/aromatic N) is 2. The second kappa shape index (κ2) is 8.33. The number of nitrogens with one attached hydrogen (secondary N) is 3. The van der Waals surface area contributed by atoms with Gasteiger partial charge in [0.2, 0.25) is 11.1 Å². The van der Waals surface area contributed by atoms with Crippen LogP contribution in [-0.2, 0) is 11.3 Å². The number of amides is 3. The molecule has 0 saturated heterocycles. The van der Waals surface area contributed by atoms with Crippen LogP contribution < -0.4 is 10.6 Å². The van der Waals surface area contributed by atoms with Crippen LogP contribution in [0.15, 0.2) is 35.5 Å². The van der Waals surface area contributed by atoms with Gasteiger partial charge in [-0.2, -0.15) is 0 Å². The van der Waals surface area contributed by atoms with Gasteiger partial charge in [0.1, 0.15) is 5.82 Å². The molecule has 7 nitrogen and oxygen atoms in total. The van der Waals surface area contributed by atoms with Crippen molar-refractivity contribution in [1.29, 1.82) is 0 Å². The first-order chi connectivity index (χ1) is 11.0. The van der Waals surface area contributed by atoms with Crippen molar-refractivity contribution < 1.29 is 9.59 Å². The summed E-state index contributed by atoms with van der Waals surface area (Å²) in [6.07, 6.45) is 0. The molecule has 1 heterocycles. The molecule has 0 radical (unpaired) electrons. The second-order valence-corrected chi connectivity index (χ2v) is 6.11. The molecule has 0 bridgehead atoms. The fraction of sp³-hybridized carbons (Fsp3) is 0.333. The summed E-state index contributed by atoms with van der Waals surface area (Å²) in [5.41, 5.74) is 0.964. The topological polar surface area (TPSA) is 99.8 Å². The fourth-order valence-corrected chi connectivity index (χ4v) is 2.30. The van der Waals surface area contributed by atoms with Crippen molar-refractivity contribution in [2.75, 3.05) is 5.75 Å². The van der Waals surface area contributed by atoms with Gasteiger partial charge in [-0.1, -0.05) is 55.9 Å². The number of aromatic nitrogens is 3. The van der Waals surface area contributed by atoms with Crippen molar-refractivity contribution in [1.82, 2.24) is 25.8 Å². The normalized spacial score (nSPS) is 10.6. The van der Waals surface area contributed by atoms with Crippen LogP contribution >= 0.6 is 11.8 Å². The average molecular weight is 333 g/mol. The number of aromatic amines is 1. The Balaban J connectivity index is 1.70. The molecule has 0 saturated carbocycles. The van der Waals surface area contributed by atoms with Gasteiger partial charge in [0.25, 0.3) is 0 Å². The number of H-pyrrole nitrogens is 1. The van der Waals surface area contributed by atoms with E-state index >= 15 is 0 Å². The van der Waals surface area contributed by atoms with E-state index in [1.54, 1.807) is 0 Å². The molecule has 2 rings (SSSR count). The fourth-order valence-electron chi connectivity index (χ4n) is 1.70. The number of thioether (sulfide) groups is 1. The van der Waals surface area contributed by atoms with E-state index in [1.807, 2.05) is 44.2 Å². The molecule has 0 aliphatic heterocycles. The van der Waals surface area contributed by atoms with Crippen LogP contribution in [0.4, 0.5) is 4.79 Å². The SMILES string of the molecule is CC(C)c1nc(SCC(=O)NC(=O)NCc2ccccc2)n[nH]1. The Morgan fingerprint density at radius 3 is 2.65 bits per heavy atom. The Labute approximate surface area is 138 Å². The summed E-state index contributed by atoms with van der Waals surface area (Å²) >= 11 is 1.18. The van der Waals surface area contributed by atoms with Crippen molar-refractivity contribution in [3.63, 3.8) is 0 Å². The first kappa shape index (κ1) is 17.0. The molecule has 3 amide bonds. The standard InChI is InChI=1S/C15H19N5O2S/c1-10(2)13-18-15(20-19-13)23-9-12(21)17-14(22)16-8-11-6-4-3-5-7-11/h3-7,10H,8-9H2,1-2H3,(H,18,19,20)(H2,16,17,21,22). The molecule has 0 spiro atoms. The first-order valence-electron chi connectivity index (χ1n) is 7.21. The van der Waals surface area contributed by atoms with Crippen LogP contribution in [0.1, 0.15) is 31.2 Å². The molecule has 23 heavy (non-hydrogen) atoms. The Morgan fingerprint density at radius 1 is 1.26 bits per heavy atom. The van der Waals surface area contributed by atoms with E-state index in [4.69, 9.17) is 0 Å². The van der Waals surface area contributed by atoms with E-state index in [9.17, 15) is 9.59 Å². The highest BCUT2D eigenvalue weighted by Gasteiger charge is 2.11. The number of rotatable bonds is 6. The number of carbonyl (C=O) groups is 2. The third kappa shape index (κ3) is 5.74. The predicted octanol–water partition coefficient (Wildman–Crippen LogP) is 2.05. The molecule has 0 unspecified atom stereocenters. The van der Waals surface area contributed by atoms with Gasteiger partial charge in [-0.15, -0.1) is 5.10 Å². The lowest BCUT2D eigenvalue weighted by molar-refractivity contribution is -0.117. The van der Waals surface area contributed by atoms with Crippen LogP contribution in [0.3, 0.4) is 0 Å². The highest BCUT2D eigenvalue weighted by molar-refractivity contribution is 7.99. The number of hydrogen-bond acceptors (Lipinski definition) is 5. The molecule has 2 aromatic rings. The van der Waals surface area contributed by atoms with Crippen molar-refractivity contribution in [3.05, 3.63) is 41.7 Å². The largest absolute Gasteiger partial charge is 0.334 e. The summed E-state index contributed by atoms with van der Waals surface area (Å²) < 4.78 is 0. The van der Waals surface area contributed by atoms with Crippen LogP contribution in [0.5, 0.6) is 0 Å². The lowest BCUT2D eigenvalue weighted by atomic mass is 10.2. The zero-order valence-corrected chi connectivity index (χ0v) is 13.8. The maximum absolute atomic E-state index is 11.7. The third-order valence-electron chi connectivity index (χ3n) is 2.91. The number of hydrogen-bond donors (Lipinski definition) is 3. The molecule has 0 atom stereocenters. The lowest BCUT2D eigenvalue weighted by Crippen LogP contribution is -2.39. The quantitative estimate of drug-likeness (QED) is 0.703. The smallest absolute Gasteiger partial charge is 0.321 e. The molecule has 8 heteroatoms. The molecule has 1 aromatic heterocycles. The molecule has 0 aliphatic carbocycles. The average Bonchev–Trinajstić information content (AvgIpc) is 3.01. The summed E-state index contributed by atoms with van der Waals surface area (Å²) in [7, 11) is 0. The Kier molecular flexibility index (Phi) is 6.16. The number of carbonyl (C=O) groups excluding carboxylic acids is 2. The molecule has 1 aromatic carbocycles. The summed E-state index contributed by atoms with van der Waals surface area (Å²) in [6.45, 7) is 4.36. The van der Waals surface area contributed by atoms with Crippen LogP contribution in [-0.4, -0.2) is 32.9 Å². The van der Waals surface area contributed by atoms with Crippen molar-refractivity contribution in [2.24, 2.45) is 0 Å². The van der Waals surface area contributed by atoms with Crippen molar-refractivity contribution in [2.45, 2.75) is 31.5 Å². The minimum Gasteiger partial charge on any atom is -0.334 e. The van der Waals surface area contributed by atoms with E-state index in [1.165, 1.54) is 11.8 Å². The summed E-state index contributed by atoms with van der Waals surface area (Å²) in [5, 5.41) is 12.2. The Hall–Kier alpha value is -2.35. The molecule has 0 fully saturated rings. The van der Waals surface area contributed by atoms with Crippen LogP contribution in [0, 0.1) is 0 Å². The maximum atomic E-state index is 11.7. The minimum absolute atomic E-state index is 0.0775. The highest BCUT2D eigenvalue weighted by Crippen LogP contribution is 2.15. The molecule has 0 aliphatic rings. The Bertz CT molecular complexity index is 657. The van der Waals surface area contributed by atoms with Crippen LogP contribution in [0.25, 0.3) is 0 Å². The third-order valence-corrected chi connectivity index (χ3v) is 3.76. The van der Waals surface area contributed by atoms with E-state index in [2.05, 4.69) is 25.8 Å². The van der Waals surface area contributed by atoms with Gasteiger partial charge < -0.3 is 5.32 Å². The first-order valence-corrected chi connectivity index (χ1v) is 8.20. The number of benzene rings is 1. The van der Waals surface area contributed by atoms with E-state index in [0.29, 0.717) is 11.7 Å². The van der Waals surface area contributed by atoms with Gasteiger partial charge in [0, 0.05) is 12.5 Å². The van der Waals surface area contributed by atoms with E-state index < -0.39 is 11.9 Å². The minimum atomic E-state index is -0.516. The van der Waals surface area contributed by atoms with Gasteiger partial charge in [0.05, 0.1) is 5.75 Å². The number of imide groups is 1. The molecular formula is C15H19N5O2S. The zero-order valence-electron chi connectivity index (χ0n) is 13.0. The summed E-state index contributed by atoms with van der Waals surface area (Å²) in [4.78, 5) is 27.6. The van der Waals surface area contributed by atoms with E-state index in [-0.39, 0.29) is 11.7 Å².